The Morgan fingerprint density at radius 3 is 2.67 bits per heavy atom. The Bertz CT molecular complexity index is 993. The minimum absolute atomic E-state index is 0.0331. The van der Waals surface area contributed by atoms with E-state index in [1.165, 1.54) is 18.3 Å². The van der Waals surface area contributed by atoms with Gasteiger partial charge in [-0.25, -0.2) is 5.43 Å². The number of rotatable bonds is 6. The first-order chi connectivity index (χ1) is 13.0. The molecule has 0 bridgehead atoms. The van der Waals surface area contributed by atoms with Crippen LogP contribution in [0.3, 0.4) is 0 Å². The van der Waals surface area contributed by atoms with Crippen molar-refractivity contribution in [1.29, 1.82) is 0 Å². The van der Waals surface area contributed by atoms with E-state index in [0.29, 0.717) is 11.5 Å². The van der Waals surface area contributed by atoms with E-state index in [1.807, 2.05) is 30.3 Å². The first kappa shape index (κ1) is 18.1. The quantitative estimate of drug-likeness (QED) is 0.408. The Balaban J connectivity index is 1.63. The summed E-state index contributed by atoms with van der Waals surface area (Å²) in [5.74, 6) is 0.803. The first-order valence-corrected chi connectivity index (χ1v) is 8.24. The number of carbonyl (C=O) groups excluding carboxylic acids is 1. The Morgan fingerprint density at radius 1 is 1.19 bits per heavy atom. The highest BCUT2D eigenvalue weighted by Crippen LogP contribution is 2.28. The van der Waals surface area contributed by atoms with Gasteiger partial charge in [0.05, 0.1) is 17.6 Å². The van der Waals surface area contributed by atoms with E-state index in [9.17, 15) is 14.9 Å². The van der Waals surface area contributed by atoms with Gasteiger partial charge in [0.1, 0.15) is 11.5 Å². The number of hydrogen-bond donors (Lipinski definition) is 1. The van der Waals surface area contributed by atoms with Crippen LogP contribution in [-0.4, -0.2) is 17.0 Å². The summed E-state index contributed by atoms with van der Waals surface area (Å²) < 4.78 is 5.68. The van der Waals surface area contributed by atoms with Crippen molar-refractivity contribution in [2.24, 2.45) is 5.10 Å². The molecule has 0 fully saturated rings. The third-order valence-corrected chi connectivity index (χ3v) is 3.90. The van der Waals surface area contributed by atoms with Crippen LogP contribution in [0.15, 0.2) is 70.2 Å². The summed E-state index contributed by atoms with van der Waals surface area (Å²) in [6.45, 7) is 1.78. The largest absolute Gasteiger partial charge is 0.455 e. The number of amides is 1. The topological polar surface area (TPSA) is 97.7 Å². The van der Waals surface area contributed by atoms with Gasteiger partial charge >= 0.3 is 0 Å². The number of hydrazone groups is 1. The predicted octanol–water partition coefficient (Wildman–Crippen LogP) is 3.86. The molecule has 136 valence electrons. The zero-order chi connectivity index (χ0) is 19.2. The predicted molar refractivity (Wildman–Crippen MR) is 101 cm³/mol. The van der Waals surface area contributed by atoms with Crippen molar-refractivity contribution < 1.29 is 14.1 Å². The van der Waals surface area contributed by atoms with E-state index in [0.717, 1.165) is 16.7 Å². The van der Waals surface area contributed by atoms with Gasteiger partial charge in [0.25, 0.3) is 5.69 Å². The lowest BCUT2D eigenvalue weighted by molar-refractivity contribution is -0.384. The molecule has 1 heterocycles. The molecule has 0 unspecified atom stereocenters. The fraction of sp³-hybridized carbons (Fsp3) is 0.100. The molecule has 1 amide bonds. The molecular formula is C20H17N3O4. The lowest BCUT2D eigenvalue weighted by atomic mass is 10.1. The standard InChI is InChI=1S/C20H17N3O4/c1-14-11-16(23(25)26)7-9-18(14)19-10-8-17(27-19)13-21-22-20(24)12-15-5-3-2-4-6-15/h2-11,13H,12H2,1H3,(H,22,24)/b21-13+. The number of non-ortho nitro benzene ring substituents is 1. The van der Waals surface area contributed by atoms with Crippen molar-refractivity contribution in [3.63, 3.8) is 0 Å². The third-order valence-electron chi connectivity index (χ3n) is 3.90. The zero-order valence-electron chi connectivity index (χ0n) is 14.6. The summed E-state index contributed by atoms with van der Waals surface area (Å²) in [7, 11) is 0. The van der Waals surface area contributed by atoms with Crippen molar-refractivity contribution in [1.82, 2.24) is 5.43 Å². The average Bonchev–Trinajstić information content (AvgIpc) is 3.11. The minimum atomic E-state index is -0.435. The molecule has 0 saturated heterocycles. The van der Waals surface area contributed by atoms with Gasteiger partial charge in [0.15, 0.2) is 0 Å². The van der Waals surface area contributed by atoms with Crippen LogP contribution in [0.5, 0.6) is 0 Å². The molecule has 7 heteroatoms. The minimum Gasteiger partial charge on any atom is -0.455 e. The van der Waals surface area contributed by atoms with Crippen molar-refractivity contribution in [3.8, 4) is 11.3 Å². The van der Waals surface area contributed by atoms with Gasteiger partial charge in [-0.15, -0.1) is 0 Å². The maximum absolute atomic E-state index is 11.9. The number of carbonyl (C=O) groups is 1. The molecule has 0 aliphatic rings. The van der Waals surface area contributed by atoms with Crippen molar-refractivity contribution in [2.75, 3.05) is 0 Å². The Labute approximate surface area is 155 Å². The molecule has 1 N–H and O–H groups in total. The first-order valence-electron chi connectivity index (χ1n) is 8.24. The van der Waals surface area contributed by atoms with Gasteiger partial charge in [-0.2, -0.15) is 5.10 Å². The van der Waals surface area contributed by atoms with Crippen LogP contribution in [0.2, 0.25) is 0 Å². The second-order valence-electron chi connectivity index (χ2n) is 5.91. The number of nitrogens with one attached hydrogen (secondary N) is 1. The third kappa shape index (κ3) is 4.66. The summed E-state index contributed by atoms with van der Waals surface area (Å²) >= 11 is 0. The van der Waals surface area contributed by atoms with E-state index in [-0.39, 0.29) is 18.0 Å². The van der Waals surface area contributed by atoms with Gasteiger partial charge in [-0.05, 0) is 36.2 Å². The lowest BCUT2D eigenvalue weighted by Crippen LogP contribution is -2.19. The smallest absolute Gasteiger partial charge is 0.269 e. The second-order valence-corrected chi connectivity index (χ2v) is 5.91. The molecule has 0 radical (unpaired) electrons. The number of nitrogens with zero attached hydrogens (tertiary/aromatic N) is 2. The molecule has 0 aliphatic heterocycles. The highest BCUT2D eigenvalue weighted by atomic mass is 16.6. The maximum atomic E-state index is 11.9. The monoisotopic (exact) mass is 363 g/mol. The zero-order valence-corrected chi connectivity index (χ0v) is 14.6. The molecular weight excluding hydrogens is 346 g/mol. The van der Waals surface area contributed by atoms with Gasteiger partial charge in [-0.1, -0.05) is 30.3 Å². The van der Waals surface area contributed by atoms with Crippen LogP contribution in [-0.2, 0) is 11.2 Å². The fourth-order valence-corrected chi connectivity index (χ4v) is 2.59. The summed E-state index contributed by atoms with van der Waals surface area (Å²) in [6.07, 6.45) is 1.65. The van der Waals surface area contributed by atoms with Gasteiger partial charge in [-0.3, -0.25) is 14.9 Å². The van der Waals surface area contributed by atoms with Crippen LogP contribution in [0, 0.1) is 17.0 Å². The number of hydrogen-bond acceptors (Lipinski definition) is 5. The molecule has 0 aliphatic carbocycles. The molecule has 3 aromatic rings. The summed E-state index contributed by atoms with van der Waals surface area (Å²) in [5, 5.41) is 14.7. The van der Waals surface area contributed by atoms with Crippen LogP contribution >= 0.6 is 0 Å². The van der Waals surface area contributed by atoms with E-state index in [2.05, 4.69) is 10.5 Å². The summed E-state index contributed by atoms with van der Waals surface area (Å²) in [6, 6.07) is 17.4. The summed E-state index contributed by atoms with van der Waals surface area (Å²) in [5.41, 5.74) is 4.88. The van der Waals surface area contributed by atoms with Gasteiger partial charge in [0.2, 0.25) is 5.91 Å². The average molecular weight is 363 g/mol. The van der Waals surface area contributed by atoms with Crippen LogP contribution < -0.4 is 5.43 Å². The molecule has 7 nitrogen and oxygen atoms in total. The molecule has 0 saturated carbocycles. The highest BCUT2D eigenvalue weighted by molar-refractivity contribution is 5.82. The summed E-state index contributed by atoms with van der Waals surface area (Å²) in [4.78, 5) is 22.2. The van der Waals surface area contributed by atoms with E-state index in [1.54, 1.807) is 25.1 Å². The molecule has 1 aromatic heterocycles. The van der Waals surface area contributed by atoms with Crippen molar-refractivity contribution in [2.45, 2.75) is 13.3 Å². The second kappa shape index (κ2) is 8.09. The lowest BCUT2D eigenvalue weighted by Gasteiger charge is -2.02. The van der Waals surface area contributed by atoms with Crippen molar-refractivity contribution >= 4 is 17.8 Å². The Morgan fingerprint density at radius 2 is 1.96 bits per heavy atom. The molecule has 2 aromatic carbocycles. The van der Waals surface area contributed by atoms with E-state index < -0.39 is 4.92 Å². The van der Waals surface area contributed by atoms with Gasteiger partial charge in [0, 0.05) is 17.7 Å². The Hall–Kier alpha value is -3.74. The van der Waals surface area contributed by atoms with Crippen LogP contribution in [0.4, 0.5) is 5.69 Å². The highest BCUT2D eigenvalue weighted by Gasteiger charge is 2.12. The number of aryl methyl sites for hydroxylation is 1. The molecule has 3 rings (SSSR count). The molecule has 0 spiro atoms. The number of furan rings is 1. The van der Waals surface area contributed by atoms with Crippen molar-refractivity contribution in [3.05, 3.63) is 87.7 Å². The molecule has 27 heavy (non-hydrogen) atoms. The maximum Gasteiger partial charge on any atom is 0.269 e. The normalized spacial score (nSPS) is 10.9. The Kier molecular flexibility index (Phi) is 5.41. The van der Waals surface area contributed by atoms with E-state index >= 15 is 0 Å². The molecule has 0 atom stereocenters. The number of nitro benzene ring substituents is 1. The number of nitro groups is 1. The fourth-order valence-electron chi connectivity index (χ4n) is 2.59. The van der Waals surface area contributed by atoms with Crippen LogP contribution in [0.25, 0.3) is 11.3 Å². The SMILES string of the molecule is Cc1cc([N+](=O)[O-])ccc1-c1ccc(/C=N/NC(=O)Cc2ccccc2)o1. The van der Waals surface area contributed by atoms with Gasteiger partial charge < -0.3 is 4.42 Å². The van der Waals surface area contributed by atoms with E-state index in [4.69, 9.17) is 4.42 Å². The number of benzene rings is 2. The van der Waals surface area contributed by atoms with Crippen LogP contribution in [0.1, 0.15) is 16.9 Å².